The minimum absolute atomic E-state index is 0.0400. The molecule has 0 spiro atoms. The third kappa shape index (κ3) is 10.0. The maximum atomic E-state index is 13.0. The van der Waals surface area contributed by atoms with E-state index in [1.807, 2.05) is 0 Å². The molecule has 0 bridgehead atoms. The van der Waals surface area contributed by atoms with Crippen molar-refractivity contribution in [3.8, 4) is 11.5 Å². The smallest absolute Gasteiger partial charge is 0.338 e. The van der Waals surface area contributed by atoms with Crippen LogP contribution < -0.4 is 9.47 Å². The first kappa shape index (κ1) is 29.5. The minimum Gasteiger partial charge on any atom is -0.494 e. The van der Waals surface area contributed by atoms with E-state index in [9.17, 15) is 9.59 Å². The van der Waals surface area contributed by atoms with E-state index >= 15 is 0 Å². The van der Waals surface area contributed by atoms with Gasteiger partial charge in [0, 0.05) is 0 Å². The van der Waals surface area contributed by atoms with Gasteiger partial charge in [-0.1, -0.05) is 47.0 Å². The van der Waals surface area contributed by atoms with Crippen LogP contribution in [-0.4, -0.2) is 37.9 Å². The van der Waals surface area contributed by atoms with E-state index < -0.39 is 18.0 Å². The Kier molecular flexibility index (Phi) is 12.0. The average molecular weight is 525 g/mol. The molecule has 1 saturated carbocycles. The summed E-state index contributed by atoms with van der Waals surface area (Å²) in [6.45, 7) is 9.94. The molecular weight excluding hydrogens is 480 g/mol. The van der Waals surface area contributed by atoms with Crippen LogP contribution in [0.2, 0.25) is 0 Å². The third-order valence-corrected chi connectivity index (χ3v) is 6.92. The van der Waals surface area contributed by atoms with Gasteiger partial charge in [-0.05, 0) is 92.0 Å². The first-order valence-corrected chi connectivity index (χ1v) is 14.2. The Morgan fingerprint density at radius 2 is 1.18 bits per heavy atom. The number of esters is 2. The summed E-state index contributed by atoms with van der Waals surface area (Å²) in [6.07, 6.45) is 6.75. The molecule has 1 fully saturated rings. The normalized spacial score (nSPS) is 14.8. The first-order chi connectivity index (χ1) is 18.3. The molecule has 0 amide bonds. The Labute approximate surface area is 228 Å². The quantitative estimate of drug-likeness (QED) is 0.238. The molecule has 1 aliphatic carbocycles. The maximum absolute atomic E-state index is 13.0. The van der Waals surface area contributed by atoms with E-state index in [2.05, 4.69) is 27.7 Å². The molecule has 0 N–H and O–H groups in total. The highest BCUT2D eigenvalue weighted by Gasteiger charge is 2.29. The van der Waals surface area contributed by atoms with Crippen LogP contribution in [0.25, 0.3) is 0 Å². The highest BCUT2D eigenvalue weighted by molar-refractivity contribution is 5.90. The van der Waals surface area contributed by atoms with Crippen LogP contribution in [-0.2, 0) is 9.47 Å². The van der Waals surface area contributed by atoms with E-state index in [-0.39, 0.29) is 12.5 Å². The molecular formula is C32H44O6. The summed E-state index contributed by atoms with van der Waals surface area (Å²) in [6, 6.07) is 14.0. The van der Waals surface area contributed by atoms with Crippen molar-refractivity contribution in [2.75, 3.05) is 19.8 Å². The lowest BCUT2D eigenvalue weighted by Gasteiger charge is -2.29. The monoisotopic (exact) mass is 524 g/mol. The van der Waals surface area contributed by atoms with Gasteiger partial charge < -0.3 is 18.9 Å². The summed E-state index contributed by atoms with van der Waals surface area (Å²) in [4.78, 5) is 25.7. The Balaban J connectivity index is 1.56. The highest BCUT2D eigenvalue weighted by atomic mass is 16.6. The van der Waals surface area contributed by atoms with Gasteiger partial charge in [0.25, 0.3) is 0 Å². The number of ether oxygens (including phenoxy) is 4. The number of hydrogen-bond donors (Lipinski definition) is 0. The summed E-state index contributed by atoms with van der Waals surface area (Å²) in [5.74, 6) is 1.94. The maximum Gasteiger partial charge on any atom is 0.338 e. The van der Waals surface area contributed by atoms with E-state index in [1.54, 1.807) is 48.5 Å². The molecule has 0 aliphatic heterocycles. The van der Waals surface area contributed by atoms with E-state index in [1.165, 1.54) is 6.42 Å². The van der Waals surface area contributed by atoms with Gasteiger partial charge >= 0.3 is 11.9 Å². The largest absolute Gasteiger partial charge is 0.494 e. The van der Waals surface area contributed by atoms with Gasteiger partial charge in [-0.2, -0.15) is 0 Å². The van der Waals surface area contributed by atoms with Gasteiger partial charge in [0.1, 0.15) is 24.2 Å². The van der Waals surface area contributed by atoms with Crippen molar-refractivity contribution in [2.24, 2.45) is 17.8 Å². The molecule has 1 atom stereocenters. The first-order valence-electron chi connectivity index (χ1n) is 14.2. The lowest BCUT2D eigenvalue weighted by Crippen LogP contribution is -2.33. The Hall–Kier alpha value is -3.02. The van der Waals surface area contributed by atoms with Crippen molar-refractivity contribution in [1.29, 1.82) is 0 Å². The summed E-state index contributed by atoms with van der Waals surface area (Å²) < 4.78 is 23.0. The van der Waals surface area contributed by atoms with Crippen molar-refractivity contribution in [2.45, 2.75) is 78.7 Å². The third-order valence-electron chi connectivity index (χ3n) is 6.92. The van der Waals surface area contributed by atoms with Crippen LogP contribution in [0.3, 0.4) is 0 Å². The van der Waals surface area contributed by atoms with Gasteiger partial charge in [-0.15, -0.1) is 0 Å². The predicted octanol–water partition coefficient (Wildman–Crippen LogP) is 7.50. The van der Waals surface area contributed by atoms with Gasteiger partial charge in [0.2, 0.25) is 0 Å². The summed E-state index contributed by atoms with van der Waals surface area (Å²) >= 11 is 0. The number of carbonyl (C=O) groups excluding carboxylic acids is 2. The second-order valence-corrected chi connectivity index (χ2v) is 11.1. The van der Waals surface area contributed by atoms with Gasteiger partial charge in [-0.25, -0.2) is 9.59 Å². The second kappa shape index (κ2) is 15.4. The standard InChI is InChI=1S/C32H44O6/c1-23(2)18-20-35-28-14-10-26(11-15-28)31(33)37-22-30(25-8-6-5-7-9-25)38-32(34)27-12-16-29(17-13-27)36-21-19-24(3)4/h10-17,23-25,30H,5-9,18-22H2,1-4H3/t30-/m1/s1. The Bertz CT molecular complexity index is 974. The van der Waals surface area contributed by atoms with Crippen LogP contribution in [0, 0.1) is 17.8 Å². The molecule has 6 nitrogen and oxygen atoms in total. The zero-order chi connectivity index (χ0) is 27.3. The van der Waals surface area contributed by atoms with Crippen molar-refractivity contribution in [3.63, 3.8) is 0 Å². The molecule has 3 rings (SSSR count). The second-order valence-electron chi connectivity index (χ2n) is 11.1. The molecule has 0 aromatic heterocycles. The number of hydrogen-bond acceptors (Lipinski definition) is 6. The van der Waals surface area contributed by atoms with Gasteiger partial charge in [0.15, 0.2) is 0 Å². The van der Waals surface area contributed by atoms with E-state index in [4.69, 9.17) is 18.9 Å². The Morgan fingerprint density at radius 3 is 1.66 bits per heavy atom. The predicted molar refractivity (Wildman–Crippen MR) is 149 cm³/mol. The van der Waals surface area contributed by atoms with Crippen LogP contribution in [0.15, 0.2) is 48.5 Å². The summed E-state index contributed by atoms with van der Waals surface area (Å²) in [7, 11) is 0. The number of carbonyl (C=O) groups is 2. The fourth-order valence-corrected chi connectivity index (χ4v) is 4.42. The highest BCUT2D eigenvalue weighted by Crippen LogP contribution is 2.29. The minimum atomic E-state index is -0.479. The van der Waals surface area contributed by atoms with Gasteiger partial charge in [0.05, 0.1) is 24.3 Å². The van der Waals surface area contributed by atoms with Crippen molar-refractivity contribution in [1.82, 2.24) is 0 Å². The molecule has 1 aliphatic rings. The lowest BCUT2D eigenvalue weighted by molar-refractivity contribution is -0.0247. The zero-order valence-corrected chi connectivity index (χ0v) is 23.4. The van der Waals surface area contributed by atoms with Crippen molar-refractivity contribution >= 4 is 11.9 Å². The van der Waals surface area contributed by atoms with Crippen LogP contribution in [0.4, 0.5) is 0 Å². The van der Waals surface area contributed by atoms with Crippen molar-refractivity contribution in [3.05, 3.63) is 59.7 Å². The fraction of sp³-hybridized carbons (Fsp3) is 0.562. The van der Waals surface area contributed by atoms with Crippen LogP contribution >= 0.6 is 0 Å². The number of rotatable bonds is 14. The van der Waals surface area contributed by atoms with Crippen molar-refractivity contribution < 1.29 is 28.5 Å². The number of benzene rings is 2. The Morgan fingerprint density at radius 1 is 0.711 bits per heavy atom. The summed E-state index contributed by atoms with van der Waals surface area (Å²) in [5, 5.41) is 0. The molecule has 0 unspecified atom stereocenters. The van der Waals surface area contributed by atoms with Gasteiger partial charge in [-0.3, -0.25) is 0 Å². The SMILES string of the molecule is CC(C)CCOc1ccc(C(=O)OC[C@@H](OC(=O)c2ccc(OCCC(C)C)cc2)C2CCCCC2)cc1. The fourth-order valence-electron chi connectivity index (χ4n) is 4.42. The van der Waals surface area contributed by atoms with Crippen LogP contribution in [0.5, 0.6) is 11.5 Å². The molecule has 6 heteroatoms. The molecule has 0 radical (unpaired) electrons. The zero-order valence-electron chi connectivity index (χ0n) is 23.4. The molecule has 2 aromatic rings. The molecule has 0 saturated heterocycles. The molecule has 2 aromatic carbocycles. The lowest BCUT2D eigenvalue weighted by atomic mass is 9.85. The summed E-state index contributed by atoms with van der Waals surface area (Å²) in [5.41, 5.74) is 0.907. The van der Waals surface area contributed by atoms with Crippen LogP contribution in [0.1, 0.15) is 93.4 Å². The topological polar surface area (TPSA) is 71.1 Å². The average Bonchev–Trinajstić information content (AvgIpc) is 2.91. The molecule has 38 heavy (non-hydrogen) atoms. The molecule has 0 heterocycles. The molecule has 208 valence electrons. The van der Waals surface area contributed by atoms with E-state index in [0.717, 1.165) is 50.0 Å². The van der Waals surface area contributed by atoms with E-state index in [0.29, 0.717) is 36.2 Å².